The van der Waals surface area contributed by atoms with Gasteiger partial charge in [0, 0.05) is 6.04 Å². The molecule has 0 bridgehead atoms. The predicted octanol–water partition coefficient (Wildman–Crippen LogP) is 3.05. The third-order valence-corrected chi connectivity index (χ3v) is 3.13. The molecule has 0 heterocycles. The Labute approximate surface area is 97.8 Å². The number of rotatable bonds is 3. The van der Waals surface area contributed by atoms with Crippen molar-refractivity contribution in [1.82, 2.24) is 5.32 Å². The maximum absolute atomic E-state index is 12.2. The number of ether oxygens (including phenoxy) is 1. The fourth-order valence-electron chi connectivity index (χ4n) is 2.14. The topological polar surface area (TPSA) is 21.3 Å². The molecule has 94 valence electrons. The van der Waals surface area contributed by atoms with Crippen LogP contribution in [0.4, 0.5) is 13.2 Å². The Morgan fingerprint density at radius 2 is 1.88 bits per heavy atom. The number of halogens is 3. The first kappa shape index (κ1) is 12.2. The second kappa shape index (κ2) is 4.56. The molecule has 0 saturated heterocycles. The van der Waals surface area contributed by atoms with E-state index >= 15 is 0 Å². The van der Waals surface area contributed by atoms with E-state index in [-0.39, 0.29) is 11.7 Å². The van der Waals surface area contributed by atoms with Crippen LogP contribution in [-0.4, -0.2) is 19.5 Å². The van der Waals surface area contributed by atoms with Gasteiger partial charge in [0.15, 0.2) is 0 Å². The third-order valence-electron chi connectivity index (χ3n) is 3.13. The summed E-state index contributed by atoms with van der Waals surface area (Å²) in [5.74, 6) is 0.0885. The average molecular weight is 245 g/mol. The summed E-state index contributed by atoms with van der Waals surface area (Å²) in [5.41, 5.74) is 0.649. The summed E-state index contributed by atoms with van der Waals surface area (Å²) in [6.45, 7) is 0. The Bertz CT molecular complexity index is 386. The van der Waals surface area contributed by atoms with Crippen LogP contribution in [0.25, 0.3) is 0 Å². The zero-order valence-electron chi connectivity index (χ0n) is 9.42. The molecule has 5 heteroatoms. The maximum Gasteiger partial charge on any atom is 0.573 e. The number of nitrogens with one attached hydrogen (secondary N) is 1. The van der Waals surface area contributed by atoms with Crippen LogP contribution >= 0.6 is 0 Å². The van der Waals surface area contributed by atoms with Crippen molar-refractivity contribution in [3.05, 3.63) is 29.8 Å². The second-order valence-electron chi connectivity index (χ2n) is 4.24. The molecule has 1 aliphatic rings. The fraction of sp³-hybridized carbons (Fsp3) is 0.500. The Hall–Kier alpha value is -1.23. The molecular formula is C12H14F3NO. The van der Waals surface area contributed by atoms with Crippen molar-refractivity contribution in [2.75, 3.05) is 7.05 Å². The van der Waals surface area contributed by atoms with Crippen molar-refractivity contribution in [1.29, 1.82) is 0 Å². The van der Waals surface area contributed by atoms with Gasteiger partial charge in [-0.05, 0) is 37.4 Å². The number of para-hydroxylation sites is 1. The molecule has 0 atom stereocenters. The zero-order valence-corrected chi connectivity index (χ0v) is 9.42. The van der Waals surface area contributed by atoms with Gasteiger partial charge in [0.05, 0.1) is 0 Å². The molecule has 0 spiro atoms. The number of hydrogen-bond acceptors (Lipinski definition) is 2. The van der Waals surface area contributed by atoms with E-state index in [0.717, 1.165) is 12.8 Å². The normalized spacial score (nSPS) is 24.2. The minimum Gasteiger partial charge on any atom is -0.405 e. The van der Waals surface area contributed by atoms with Crippen molar-refractivity contribution in [2.45, 2.75) is 31.2 Å². The highest BCUT2D eigenvalue weighted by Gasteiger charge is 2.35. The van der Waals surface area contributed by atoms with Crippen LogP contribution < -0.4 is 10.1 Å². The lowest BCUT2D eigenvalue weighted by molar-refractivity contribution is -0.275. The monoisotopic (exact) mass is 245 g/mol. The van der Waals surface area contributed by atoms with Gasteiger partial charge in [0.2, 0.25) is 0 Å². The quantitative estimate of drug-likeness (QED) is 0.883. The van der Waals surface area contributed by atoms with Gasteiger partial charge < -0.3 is 10.1 Å². The molecule has 1 saturated carbocycles. The van der Waals surface area contributed by atoms with E-state index in [1.165, 1.54) is 6.07 Å². The van der Waals surface area contributed by atoms with Crippen LogP contribution in [0.15, 0.2) is 24.3 Å². The van der Waals surface area contributed by atoms with Gasteiger partial charge in [-0.3, -0.25) is 0 Å². The van der Waals surface area contributed by atoms with Gasteiger partial charge in [-0.1, -0.05) is 18.2 Å². The first-order chi connectivity index (χ1) is 7.99. The van der Waals surface area contributed by atoms with Gasteiger partial charge in [-0.2, -0.15) is 0 Å². The average Bonchev–Trinajstić information content (AvgIpc) is 2.16. The summed E-state index contributed by atoms with van der Waals surface area (Å²) in [6, 6.07) is 6.77. The Balaban J connectivity index is 2.12. The Morgan fingerprint density at radius 3 is 2.47 bits per heavy atom. The van der Waals surface area contributed by atoms with Crippen LogP contribution in [0, 0.1) is 0 Å². The molecule has 1 fully saturated rings. The highest BCUT2D eigenvalue weighted by atomic mass is 19.4. The molecule has 1 aliphatic carbocycles. The Morgan fingerprint density at radius 1 is 1.24 bits per heavy atom. The third kappa shape index (κ3) is 2.91. The van der Waals surface area contributed by atoms with Crippen molar-refractivity contribution in [2.24, 2.45) is 0 Å². The minimum absolute atomic E-state index is 0.0699. The predicted molar refractivity (Wildman–Crippen MR) is 57.9 cm³/mol. The molecule has 0 aromatic heterocycles. The standard InChI is InChI=1S/C12H14F3NO/c1-16-9-6-8(7-9)10-4-2-3-5-11(10)17-12(13,14)15/h2-5,8-9,16H,6-7H2,1H3. The highest BCUT2D eigenvalue weighted by Crippen LogP contribution is 2.41. The molecule has 2 rings (SSSR count). The van der Waals surface area contributed by atoms with Crippen molar-refractivity contribution in [3.63, 3.8) is 0 Å². The van der Waals surface area contributed by atoms with Gasteiger partial charge in [0.25, 0.3) is 0 Å². The molecule has 1 N–H and O–H groups in total. The lowest BCUT2D eigenvalue weighted by Crippen LogP contribution is -2.38. The number of alkyl halides is 3. The molecule has 0 aliphatic heterocycles. The zero-order chi connectivity index (χ0) is 12.5. The summed E-state index contributed by atoms with van der Waals surface area (Å²) in [6.07, 6.45) is -2.91. The molecule has 0 amide bonds. The molecule has 1 aromatic carbocycles. The van der Waals surface area contributed by atoms with E-state index in [9.17, 15) is 13.2 Å². The number of hydrogen-bond donors (Lipinski definition) is 1. The molecule has 1 aromatic rings. The lowest BCUT2D eigenvalue weighted by atomic mass is 9.75. The highest BCUT2D eigenvalue weighted by molar-refractivity contribution is 5.38. The molecule has 17 heavy (non-hydrogen) atoms. The van der Waals surface area contributed by atoms with Gasteiger partial charge in [-0.15, -0.1) is 13.2 Å². The molecule has 2 nitrogen and oxygen atoms in total. The summed E-state index contributed by atoms with van der Waals surface area (Å²) in [7, 11) is 1.86. The Kier molecular flexibility index (Phi) is 3.28. The van der Waals surface area contributed by atoms with E-state index in [4.69, 9.17) is 0 Å². The van der Waals surface area contributed by atoms with Crippen molar-refractivity contribution in [3.8, 4) is 5.75 Å². The molecule has 0 unspecified atom stereocenters. The van der Waals surface area contributed by atoms with E-state index in [1.54, 1.807) is 18.2 Å². The van der Waals surface area contributed by atoms with E-state index < -0.39 is 6.36 Å². The van der Waals surface area contributed by atoms with Gasteiger partial charge >= 0.3 is 6.36 Å². The molecular weight excluding hydrogens is 231 g/mol. The van der Waals surface area contributed by atoms with Gasteiger partial charge in [0.1, 0.15) is 5.75 Å². The van der Waals surface area contributed by atoms with Gasteiger partial charge in [-0.25, -0.2) is 0 Å². The van der Waals surface area contributed by atoms with Crippen molar-refractivity contribution >= 4 is 0 Å². The summed E-state index contributed by atoms with van der Waals surface area (Å²) in [5, 5.41) is 3.11. The van der Waals surface area contributed by atoms with E-state index in [1.807, 2.05) is 7.05 Å². The van der Waals surface area contributed by atoms with Crippen LogP contribution in [-0.2, 0) is 0 Å². The smallest absolute Gasteiger partial charge is 0.405 e. The first-order valence-electron chi connectivity index (χ1n) is 5.51. The summed E-state index contributed by atoms with van der Waals surface area (Å²) < 4.78 is 40.7. The SMILES string of the molecule is CNC1CC(c2ccccc2OC(F)(F)F)C1. The van der Waals surface area contributed by atoms with Crippen LogP contribution in [0.1, 0.15) is 24.3 Å². The summed E-state index contributed by atoms with van der Waals surface area (Å²) in [4.78, 5) is 0. The van der Waals surface area contributed by atoms with Crippen molar-refractivity contribution < 1.29 is 17.9 Å². The lowest BCUT2D eigenvalue weighted by Gasteiger charge is -2.36. The second-order valence-corrected chi connectivity index (χ2v) is 4.24. The first-order valence-corrected chi connectivity index (χ1v) is 5.51. The van der Waals surface area contributed by atoms with Crippen LogP contribution in [0.2, 0.25) is 0 Å². The number of benzene rings is 1. The van der Waals surface area contributed by atoms with Crippen LogP contribution in [0.5, 0.6) is 5.75 Å². The largest absolute Gasteiger partial charge is 0.573 e. The fourth-order valence-corrected chi connectivity index (χ4v) is 2.14. The van der Waals surface area contributed by atoms with E-state index in [2.05, 4.69) is 10.1 Å². The minimum atomic E-state index is -4.62. The maximum atomic E-state index is 12.2. The molecule has 0 radical (unpaired) electrons. The van der Waals surface area contributed by atoms with Crippen LogP contribution in [0.3, 0.4) is 0 Å². The van der Waals surface area contributed by atoms with E-state index in [0.29, 0.717) is 11.6 Å². The summed E-state index contributed by atoms with van der Waals surface area (Å²) >= 11 is 0.